The molecule has 1 fully saturated rings. The second-order valence-corrected chi connectivity index (χ2v) is 4.95. The maximum atomic E-state index is 12.0. The van der Waals surface area contributed by atoms with E-state index in [0.29, 0.717) is 32.5 Å². The molecule has 1 amide bonds. The summed E-state index contributed by atoms with van der Waals surface area (Å²) in [5, 5.41) is 11.8. The Balaban J connectivity index is 1.68. The normalized spacial score (nSPS) is 18.3. The van der Waals surface area contributed by atoms with Crippen LogP contribution in [0.25, 0.3) is 0 Å². The fourth-order valence-electron chi connectivity index (χ4n) is 2.23. The van der Waals surface area contributed by atoms with Gasteiger partial charge in [-0.3, -0.25) is 9.59 Å². The largest absolute Gasteiger partial charge is 0.494 e. The van der Waals surface area contributed by atoms with Crippen LogP contribution in [0.1, 0.15) is 12.8 Å². The van der Waals surface area contributed by atoms with Gasteiger partial charge >= 0.3 is 5.97 Å². The average Bonchev–Trinajstić information content (AvgIpc) is 2.52. The standard InChI is InChI=1S/C15H20N2O4/c18-14(17-9-8-16-13(11-17)15(19)20)7-4-10-21-12-5-2-1-3-6-12/h1-3,5-6,13,16H,4,7-11H2,(H,19,20). The average molecular weight is 292 g/mol. The molecule has 1 aliphatic heterocycles. The zero-order valence-corrected chi connectivity index (χ0v) is 11.8. The summed E-state index contributed by atoms with van der Waals surface area (Å²) in [4.78, 5) is 24.6. The van der Waals surface area contributed by atoms with Crippen LogP contribution in [0.15, 0.2) is 30.3 Å². The first-order chi connectivity index (χ1) is 10.2. The Morgan fingerprint density at radius 3 is 2.81 bits per heavy atom. The third-order valence-electron chi connectivity index (χ3n) is 3.37. The number of rotatable bonds is 6. The third kappa shape index (κ3) is 4.75. The van der Waals surface area contributed by atoms with Crippen molar-refractivity contribution in [3.05, 3.63) is 30.3 Å². The highest BCUT2D eigenvalue weighted by atomic mass is 16.5. The van der Waals surface area contributed by atoms with E-state index in [1.165, 1.54) is 0 Å². The molecule has 6 heteroatoms. The van der Waals surface area contributed by atoms with E-state index in [0.717, 1.165) is 5.75 Å². The van der Waals surface area contributed by atoms with Crippen molar-refractivity contribution in [1.29, 1.82) is 0 Å². The SMILES string of the molecule is O=C(O)C1CN(C(=O)CCCOc2ccccc2)CCN1. The minimum atomic E-state index is -0.917. The molecule has 21 heavy (non-hydrogen) atoms. The van der Waals surface area contributed by atoms with Crippen LogP contribution in [-0.2, 0) is 9.59 Å². The van der Waals surface area contributed by atoms with E-state index in [1.807, 2.05) is 30.3 Å². The van der Waals surface area contributed by atoms with Gasteiger partial charge in [-0.25, -0.2) is 0 Å². The molecule has 1 saturated heterocycles. The smallest absolute Gasteiger partial charge is 0.322 e. The molecule has 6 nitrogen and oxygen atoms in total. The molecule has 1 aromatic carbocycles. The number of amides is 1. The fourth-order valence-corrected chi connectivity index (χ4v) is 2.23. The highest BCUT2D eigenvalue weighted by Gasteiger charge is 2.27. The molecule has 0 radical (unpaired) electrons. The molecule has 1 aliphatic rings. The van der Waals surface area contributed by atoms with Crippen LogP contribution in [0, 0.1) is 0 Å². The minimum absolute atomic E-state index is 0.0144. The molecule has 114 valence electrons. The lowest BCUT2D eigenvalue weighted by molar-refractivity contribution is -0.142. The number of hydrogen-bond donors (Lipinski definition) is 2. The first-order valence-corrected chi connectivity index (χ1v) is 7.08. The van der Waals surface area contributed by atoms with Crippen molar-refractivity contribution in [3.8, 4) is 5.75 Å². The number of carboxylic acid groups (broad SMARTS) is 1. The molecule has 2 N–H and O–H groups in total. The predicted molar refractivity (Wildman–Crippen MR) is 77.2 cm³/mol. The number of piperazine rings is 1. The summed E-state index contributed by atoms with van der Waals surface area (Å²) >= 11 is 0. The van der Waals surface area contributed by atoms with E-state index < -0.39 is 12.0 Å². The lowest BCUT2D eigenvalue weighted by Gasteiger charge is -2.31. The van der Waals surface area contributed by atoms with Gasteiger partial charge in [0.25, 0.3) is 0 Å². The summed E-state index contributed by atoms with van der Waals surface area (Å²) in [7, 11) is 0. The van der Waals surface area contributed by atoms with Crippen LogP contribution in [0.3, 0.4) is 0 Å². The zero-order valence-electron chi connectivity index (χ0n) is 11.8. The third-order valence-corrected chi connectivity index (χ3v) is 3.37. The Hall–Kier alpha value is -2.08. The number of nitrogens with zero attached hydrogens (tertiary/aromatic N) is 1. The molecule has 0 aromatic heterocycles. The van der Waals surface area contributed by atoms with Crippen molar-refractivity contribution in [2.45, 2.75) is 18.9 Å². The Bertz CT molecular complexity index is 478. The Morgan fingerprint density at radius 1 is 1.33 bits per heavy atom. The number of hydrogen-bond acceptors (Lipinski definition) is 4. The van der Waals surface area contributed by atoms with Gasteiger partial charge in [0.2, 0.25) is 5.91 Å². The van der Waals surface area contributed by atoms with E-state index in [2.05, 4.69) is 5.32 Å². The van der Waals surface area contributed by atoms with Crippen molar-refractivity contribution < 1.29 is 19.4 Å². The molecule has 0 spiro atoms. The highest BCUT2D eigenvalue weighted by molar-refractivity contribution is 5.79. The molecule has 0 bridgehead atoms. The van der Waals surface area contributed by atoms with E-state index in [9.17, 15) is 9.59 Å². The topological polar surface area (TPSA) is 78.9 Å². The summed E-state index contributed by atoms with van der Waals surface area (Å²) in [5.74, 6) is -0.141. The second-order valence-electron chi connectivity index (χ2n) is 4.95. The number of carboxylic acids is 1. The lowest BCUT2D eigenvalue weighted by atomic mass is 10.2. The fraction of sp³-hybridized carbons (Fsp3) is 0.467. The molecule has 1 atom stereocenters. The molecule has 1 unspecified atom stereocenters. The maximum absolute atomic E-state index is 12.0. The number of carbonyl (C=O) groups is 2. The second kappa shape index (κ2) is 7.64. The molecule has 0 aliphatic carbocycles. The first kappa shape index (κ1) is 15.3. The monoisotopic (exact) mass is 292 g/mol. The quantitative estimate of drug-likeness (QED) is 0.756. The summed E-state index contributed by atoms with van der Waals surface area (Å²) in [6, 6.07) is 8.79. The number of nitrogens with one attached hydrogen (secondary N) is 1. The predicted octanol–water partition coefficient (Wildman–Crippen LogP) is 0.731. The number of benzene rings is 1. The lowest BCUT2D eigenvalue weighted by Crippen LogP contribution is -2.55. The summed E-state index contributed by atoms with van der Waals surface area (Å²) in [5.41, 5.74) is 0. The summed E-state index contributed by atoms with van der Waals surface area (Å²) in [6.45, 7) is 1.78. The number of para-hydroxylation sites is 1. The van der Waals surface area contributed by atoms with Crippen molar-refractivity contribution in [2.24, 2.45) is 0 Å². The number of ether oxygens (including phenoxy) is 1. The Labute approximate surface area is 123 Å². The summed E-state index contributed by atoms with van der Waals surface area (Å²) in [6.07, 6.45) is 0.995. The summed E-state index contributed by atoms with van der Waals surface area (Å²) < 4.78 is 5.53. The van der Waals surface area contributed by atoms with Crippen molar-refractivity contribution in [2.75, 3.05) is 26.2 Å². The van der Waals surface area contributed by atoms with Gasteiger partial charge in [-0.2, -0.15) is 0 Å². The highest BCUT2D eigenvalue weighted by Crippen LogP contribution is 2.09. The molecule has 1 aromatic rings. The first-order valence-electron chi connectivity index (χ1n) is 7.08. The van der Waals surface area contributed by atoms with Crippen LogP contribution in [0.4, 0.5) is 0 Å². The molecule has 2 rings (SSSR count). The van der Waals surface area contributed by atoms with Gasteiger partial charge < -0.3 is 20.1 Å². The van der Waals surface area contributed by atoms with E-state index in [1.54, 1.807) is 4.90 Å². The van der Waals surface area contributed by atoms with Crippen LogP contribution >= 0.6 is 0 Å². The van der Waals surface area contributed by atoms with Crippen LogP contribution in [-0.4, -0.2) is 54.2 Å². The van der Waals surface area contributed by atoms with E-state index in [4.69, 9.17) is 9.84 Å². The Kier molecular flexibility index (Phi) is 5.57. The molecular formula is C15H20N2O4. The molecule has 0 saturated carbocycles. The van der Waals surface area contributed by atoms with Crippen LogP contribution in [0.5, 0.6) is 5.75 Å². The van der Waals surface area contributed by atoms with Crippen molar-refractivity contribution in [1.82, 2.24) is 10.2 Å². The van der Waals surface area contributed by atoms with Gasteiger partial charge in [0.05, 0.1) is 6.61 Å². The minimum Gasteiger partial charge on any atom is -0.494 e. The van der Waals surface area contributed by atoms with Crippen molar-refractivity contribution >= 4 is 11.9 Å². The van der Waals surface area contributed by atoms with Gasteiger partial charge in [-0.15, -0.1) is 0 Å². The van der Waals surface area contributed by atoms with Gasteiger partial charge in [0.1, 0.15) is 11.8 Å². The van der Waals surface area contributed by atoms with Gasteiger partial charge in [0, 0.05) is 26.1 Å². The Morgan fingerprint density at radius 2 is 2.10 bits per heavy atom. The van der Waals surface area contributed by atoms with E-state index >= 15 is 0 Å². The molecule has 1 heterocycles. The number of carbonyl (C=O) groups excluding carboxylic acids is 1. The van der Waals surface area contributed by atoms with Gasteiger partial charge in [-0.05, 0) is 18.6 Å². The van der Waals surface area contributed by atoms with Gasteiger partial charge in [-0.1, -0.05) is 18.2 Å². The maximum Gasteiger partial charge on any atom is 0.322 e. The van der Waals surface area contributed by atoms with Crippen molar-refractivity contribution in [3.63, 3.8) is 0 Å². The molecular weight excluding hydrogens is 272 g/mol. The van der Waals surface area contributed by atoms with E-state index in [-0.39, 0.29) is 12.5 Å². The van der Waals surface area contributed by atoms with Gasteiger partial charge in [0.15, 0.2) is 0 Å². The van der Waals surface area contributed by atoms with Crippen LogP contribution < -0.4 is 10.1 Å². The number of aliphatic carboxylic acids is 1. The van der Waals surface area contributed by atoms with Crippen LogP contribution in [0.2, 0.25) is 0 Å². The zero-order chi connectivity index (χ0) is 15.1.